The van der Waals surface area contributed by atoms with Crippen LogP contribution in [0.4, 0.5) is 11.4 Å². The average molecular weight is 512 g/mol. The Morgan fingerprint density at radius 2 is 1.51 bits per heavy atom. The summed E-state index contributed by atoms with van der Waals surface area (Å²) in [6.07, 6.45) is 3.92. The molecule has 2 saturated heterocycles. The highest BCUT2D eigenvalue weighted by atomic mass is 16.2. The molecule has 0 N–H and O–H groups in total. The molecule has 0 aliphatic carbocycles. The summed E-state index contributed by atoms with van der Waals surface area (Å²) in [5.41, 5.74) is 3.41. The lowest BCUT2D eigenvalue weighted by Crippen LogP contribution is -2.50. The smallest absolute Gasteiger partial charge is 0.272 e. The van der Waals surface area contributed by atoms with Crippen molar-refractivity contribution in [3.05, 3.63) is 103 Å². The van der Waals surface area contributed by atoms with E-state index in [-0.39, 0.29) is 17.7 Å². The van der Waals surface area contributed by atoms with Crippen molar-refractivity contribution in [1.29, 1.82) is 0 Å². The van der Waals surface area contributed by atoms with E-state index in [1.807, 2.05) is 89.8 Å². The first-order valence-corrected chi connectivity index (χ1v) is 12.9. The van der Waals surface area contributed by atoms with Gasteiger partial charge in [0.05, 0.1) is 29.1 Å². The van der Waals surface area contributed by atoms with E-state index in [9.17, 15) is 14.4 Å². The third-order valence-corrected chi connectivity index (χ3v) is 8.22. The van der Waals surface area contributed by atoms with E-state index in [1.54, 1.807) is 18.2 Å². The first kappa shape index (κ1) is 21.9. The topological polar surface area (TPSA) is 88.4 Å². The molecule has 2 fully saturated rings. The highest BCUT2D eigenvalue weighted by Crippen LogP contribution is 2.49. The molecule has 4 aromatic carbocycles. The maximum absolute atomic E-state index is 14.3. The van der Waals surface area contributed by atoms with Gasteiger partial charge in [-0.3, -0.25) is 14.4 Å². The Hall–Kier alpha value is -5.11. The van der Waals surface area contributed by atoms with E-state index in [1.165, 1.54) is 9.58 Å². The Kier molecular flexibility index (Phi) is 4.47. The number of amides is 2. The molecule has 0 radical (unpaired) electrons. The highest BCUT2D eigenvalue weighted by molar-refractivity contribution is 6.25. The number of fused-ring (bicyclic) bond motifs is 7. The summed E-state index contributed by atoms with van der Waals surface area (Å²) >= 11 is 0. The van der Waals surface area contributed by atoms with Crippen molar-refractivity contribution in [3.8, 4) is 0 Å². The molecule has 5 aromatic rings. The molecule has 2 amide bonds. The van der Waals surface area contributed by atoms with Crippen molar-refractivity contribution < 1.29 is 14.4 Å². The second-order valence-corrected chi connectivity index (χ2v) is 10.2. The van der Waals surface area contributed by atoms with Gasteiger partial charge in [-0.25, -0.2) is 4.90 Å². The highest BCUT2D eigenvalue weighted by Gasteiger charge is 2.64. The lowest BCUT2D eigenvalue weighted by Gasteiger charge is -2.36. The molecule has 3 aliphatic heterocycles. The standard InChI is InChI=1S/C31H21N5O3/c37-29-26-25-16-14-19-8-3-5-11-23(19)35(25)28(31(39)36-24-12-6-4-10-22(24)32-33-36)27(26)30(38)34(29)21-15-13-18-7-1-2-9-20(18)17-21/h1-17,25-28H/t25-,26+,27+,28-/m0/s1. The van der Waals surface area contributed by atoms with Gasteiger partial charge in [0.15, 0.2) is 0 Å². The maximum Gasteiger partial charge on any atom is 0.272 e. The number of hydrogen-bond acceptors (Lipinski definition) is 6. The van der Waals surface area contributed by atoms with Gasteiger partial charge < -0.3 is 4.90 Å². The molecular formula is C31H21N5O3. The molecule has 8 nitrogen and oxygen atoms in total. The van der Waals surface area contributed by atoms with Gasteiger partial charge in [-0.05, 0) is 46.7 Å². The number of anilines is 2. The number of hydrogen-bond donors (Lipinski definition) is 0. The van der Waals surface area contributed by atoms with Gasteiger partial charge in [-0.15, -0.1) is 5.10 Å². The van der Waals surface area contributed by atoms with Crippen LogP contribution in [0.25, 0.3) is 27.9 Å². The molecule has 0 spiro atoms. The number of nitrogens with zero attached hydrogens (tertiary/aromatic N) is 5. The zero-order chi connectivity index (χ0) is 26.2. The van der Waals surface area contributed by atoms with Gasteiger partial charge in [0.2, 0.25) is 11.8 Å². The number of benzene rings is 4. The van der Waals surface area contributed by atoms with Crippen molar-refractivity contribution >= 4 is 57.0 Å². The van der Waals surface area contributed by atoms with E-state index in [0.717, 1.165) is 22.0 Å². The van der Waals surface area contributed by atoms with Crippen LogP contribution in [0.15, 0.2) is 97.1 Å². The fraction of sp³-hybridized carbons (Fsp3) is 0.129. The van der Waals surface area contributed by atoms with Gasteiger partial charge in [-0.2, -0.15) is 4.68 Å². The molecule has 3 aliphatic rings. The van der Waals surface area contributed by atoms with Crippen molar-refractivity contribution in [2.24, 2.45) is 11.8 Å². The Labute approximate surface area is 222 Å². The SMILES string of the molecule is O=C1[C@@H]2[C@H](C(=O)N1c1ccc3ccccc3c1)[C@@H]1C=Cc3ccccc3N1[C@@H]2C(=O)n1nnc2ccccc21. The van der Waals surface area contributed by atoms with Crippen LogP contribution in [-0.4, -0.2) is 44.8 Å². The lowest BCUT2D eigenvalue weighted by molar-refractivity contribution is -0.122. The molecule has 39 heavy (non-hydrogen) atoms. The van der Waals surface area contributed by atoms with Crippen LogP contribution in [-0.2, 0) is 9.59 Å². The Bertz CT molecular complexity index is 1890. The van der Waals surface area contributed by atoms with Crippen molar-refractivity contribution in [1.82, 2.24) is 15.0 Å². The average Bonchev–Trinajstić information content (AvgIpc) is 3.63. The molecule has 1 aromatic heterocycles. The molecule has 4 atom stereocenters. The third kappa shape index (κ3) is 2.96. The van der Waals surface area contributed by atoms with Crippen LogP contribution < -0.4 is 9.80 Å². The second-order valence-electron chi connectivity index (χ2n) is 10.2. The predicted molar refractivity (Wildman–Crippen MR) is 147 cm³/mol. The Morgan fingerprint density at radius 3 is 2.41 bits per heavy atom. The quantitative estimate of drug-likeness (QED) is 0.328. The number of carbonyl (C=O) groups excluding carboxylic acids is 3. The zero-order valence-electron chi connectivity index (χ0n) is 20.6. The Balaban J connectivity index is 1.29. The van der Waals surface area contributed by atoms with E-state index < -0.39 is 23.9 Å². The van der Waals surface area contributed by atoms with Crippen LogP contribution in [0.1, 0.15) is 10.4 Å². The Morgan fingerprint density at radius 1 is 0.769 bits per heavy atom. The maximum atomic E-state index is 14.3. The fourth-order valence-corrected chi connectivity index (χ4v) is 6.52. The molecule has 0 saturated carbocycles. The van der Waals surface area contributed by atoms with E-state index in [0.29, 0.717) is 16.7 Å². The summed E-state index contributed by atoms with van der Waals surface area (Å²) in [5.74, 6) is -2.63. The van der Waals surface area contributed by atoms with Crippen LogP contribution in [0.5, 0.6) is 0 Å². The van der Waals surface area contributed by atoms with E-state index >= 15 is 0 Å². The number of aromatic nitrogens is 3. The van der Waals surface area contributed by atoms with Crippen molar-refractivity contribution in [2.75, 3.05) is 9.80 Å². The summed E-state index contributed by atoms with van der Waals surface area (Å²) in [7, 11) is 0. The summed E-state index contributed by atoms with van der Waals surface area (Å²) < 4.78 is 1.27. The van der Waals surface area contributed by atoms with Crippen LogP contribution in [0.3, 0.4) is 0 Å². The number of para-hydroxylation sites is 2. The van der Waals surface area contributed by atoms with Gasteiger partial charge in [0, 0.05) is 5.69 Å². The van der Waals surface area contributed by atoms with Gasteiger partial charge in [0.25, 0.3) is 5.91 Å². The number of carbonyl (C=O) groups is 3. The van der Waals surface area contributed by atoms with Gasteiger partial charge >= 0.3 is 0 Å². The minimum atomic E-state index is -0.932. The molecule has 4 heterocycles. The number of rotatable bonds is 2. The van der Waals surface area contributed by atoms with Crippen LogP contribution >= 0.6 is 0 Å². The van der Waals surface area contributed by atoms with Gasteiger partial charge in [0.1, 0.15) is 11.6 Å². The van der Waals surface area contributed by atoms with E-state index in [2.05, 4.69) is 10.3 Å². The largest absolute Gasteiger partial charge is 0.351 e. The summed E-state index contributed by atoms with van der Waals surface area (Å²) in [5, 5.41) is 10.3. The lowest BCUT2D eigenvalue weighted by atomic mass is 9.88. The van der Waals surface area contributed by atoms with E-state index in [4.69, 9.17) is 0 Å². The summed E-state index contributed by atoms with van der Waals surface area (Å²) in [6, 6.07) is 27.0. The van der Waals surface area contributed by atoms with Crippen LogP contribution in [0.2, 0.25) is 0 Å². The predicted octanol–water partition coefficient (Wildman–Crippen LogP) is 4.31. The minimum Gasteiger partial charge on any atom is -0.351 e. The van der Waals surface area contributed by atoms with Crippen molar-refractivity contribution in [2.45, 2.75) is 12.1 Å². The molecule has 8 rings (SSSR count). The molecule has 0 unspecified atom stereocenters. The molecule has 8 heteroatoms. The normalized spacial score (nSPS) is 23.4. The first-order chi connectivity index (χ1) is 19.1. The third-order valence-electron chi connectivity index (χ3n) is 8.22. The summed E-state index contributed by atoms with van der Waals surface area (Å²) in [6.45, 7) is 0. The summed E-state index contributed by atoms with van der Waals surface area (Å²) in [4.78, 5) is 45.8. The second kappa shape index (κ2) is 7.94. The molecule has 0 bridgehead atoms. The molecular weight excluding hydrogens is 490 g/mol. The number of imide groups is 1. The molecule has 188 valence electrons. The fourth-order valence-electron chi connectivity index (χ4n) is 6.52. The first-order valence-electron chi connectivity index (χ1n) is 12.9. The zero-order valence-corrected chi connectivity index (χ0v) is 20.6. The van der Waals surface area contributed by atoms with Crippen LogP contribution in [0, 0.1) is 11.8 Å². The monoisotopic (exact) mass is 511 g/mol. The van der Waals surface area contributed by atoms with Gasteiger partial charge in [-0.1, -0.05) is 78.0 Å². The minimum absolute atomic E-state index is 0.293. The van der Waals surface area contributed by atoms with Crippen molar-refractivity contribution in [3.63, 3.8) is 0 Å².